The molecule has 3 aromatic carbocycles. The highest BCUT2D eigenvalue weighted by atomic mass is 16.5. The molecule has 1 saturated heterocycles. The molecule has 3 aromatic rings. The maximum absolute atomic E-state index is 13.9. The number of nitrogens with two attached hydrogens (primary N) is 1. The van der Waals surface area contributed by atoms with Gasteiger partial charge in [-0.15, -0.1) is 0 Å². The van der Waals surface area contributed by atoms with Crippen molar-refractivity contribution in [3.8, 4) is 0 Å². The molecular weight excluding hydrogens is 600 g/mol. The summed E-state index contributed by atoms with van der Waals surface area (Å²) >= 11 is 0. The predicted molar refractivity (Wildman–Crippen MR) is 177 cm³/mol. The van der Waals surface area contributed by atoms with E-state index in [0.29, 0.717) is 37.7 Å². The molecule has 1 aliphatic rings. The van der Waals surface area contributed by atoms with E-state index in [-0.39, 0.29) is 26.0 Å². The van der Waals surface area contributed by atoms with Crippen LogP contribution in [0.1, 0.15) is 68.3 Å². The second-order valence-corrected chi connectivity index (χ2v) is 12.2. The highest BCUT2D eigenvalue weighted by Gasteiger charge is 2.41. The molecule has 0 aromatic heterocycles. The zero-order chi connectivity index (χ0) is 34.0. The molecule has 1 fully saturated rings. The van der Waals surface area contributed by atoms with Gasteiger partial charge in [-0.3, -0.25) is 14.4 Å². The molecule has 5 N–H and O–H groups in total. The zero-order valence-corrected chi connectivity index (χ0v) is 26.9. The lowest BCUT2D eigenvalue weighted by Gasteiger charge is -2.33. The Bertz CT molecular complexity index is 1570. The topological polar surface area (TPSA) is 168 Å². The third-order valence-electron chi connectivity index (χ3n) is 8.82. The fourth-order valence-electron chi connectivity index (χ4n) is 5.79. The number of unbranched alkanes of at least 4 members (excludes halogenated alkanes) is 1. The van der Waals surface area contributed by atoms with Crippen LogP contribution in [0.15, 0.2) is 72.8 Å². The van der Waals surface area contributed by atoms with Gasteiger partial charge in [-0.25, -0.2) is 9.59 Å². The van der Waals surface area contributed by atoms with E-state index >= 15 is 0 Å². The van der Waals surface area contributed by atoms with Crippen molar-refractivity contribution in [1.82, 2.24) is 15.5 Å². The average Bonchev–Trinajstić information content (AvgIpc) is 3.58. The fraction of sp³-hybridized carbons (Fsp3) is 0.417. The van der Waals surface area contributed by atoms with Crippen molar-refractivity contribution in [1.29, 1.82) is 0 Å². The number of benzene rings is 3. The van der Waals surface area contributed by atoms with E-state index in [1.165, 1.54) is 4.90 Å². The summed E-state index contributed by atoms with van der Waals surface area (Å²) in [4.78, 5) is 66.2. The largest absolute Gasteiger partial charge is 0.480 e. The van der Waals surface area contributed by atoms with E-state index < -0.39 is 53.3 Å². The predicted octanol–water partition coefficient (Wildman–Crippen LogP) is 3.58. The number of carboxylic acids is 1. The number of carboxylic acid groups (broad SMARTS) is 1. The van der Waals surface area contributed by atoms with Crippen LogP contribution in [-0.4, -0.2) is 76.5 Å². The molecule has 0 aliphatic carbocycles. The number of aliphatic carboxylic acids is 1. The minimum absolute atomic E-state index is 0.136. The van der Waals surface area contributed by atoms with Crippen molar-refractivity contribution < 1.29 is 33.8 Å². The van der Waals surface area contributed by atoms with Crippen LogP contribution >= 0.6 is 0 Å². The minimum Gasteiger partial charge on any atom is -0.480 e. The number of nitrogens with one attached hydrogen (secondary N) is 2. The van der Waals surface area contributed by atoms with Crippen molar-refractivity contribution >= 4 is 40.4 Å². The number of amides is 3. The first-order valence-corrected chi connectivity index (χ1v) is 16.1. The van der Waals surface area contributed by atoms with Crippen LogP contribution in [0.2, 0.25) is 0 Å². The van der Waals surface area contributed by atoms with E-state index in [0.717, 1.165) is 16.3 Å². The molecule has 11 nitrogen and oxygen atoms in total. The van der Waals surface area contributed by atoms with E-state index in [9.17, 15) is 29.1 Å². The standard InChI is InChI=1S/C36H44N4O7/c1-3-36(2,39-31(41)28(37)19-9-10-22-47-34(45)25-14-5-4-6-15-25)35(46)38-29(32(42)40-21-12-20-30(40)33(43)44)23-26-17-11-16-24-13-7-8-18-27(24)26/h4-8,11,13-18,28-30H,3,9-10,12,19-23,37H2,1-2H3,(H,38,46)(H,39,41)(H,43,44)/t28-,29?,30+,36-/m0/s1. The van der Waals surface area contributed by atoms with Gasteiger partial charge in [0, 0.05) is 13.0 Å². The molecular formula is C36H44N4O7. The van der Waals surface area contributed by atoms with Gasteiger partial charge in [-0.1, -0.05) is 67.6 Å². The molecule has 0 radical (unpaired) electrons. The van der Waals surface area contributed by atoms with Gasteiger partial charge < -0.3 is 31.1 Å². The molecule has 47 heavy (non-hydrogen) atoms. The second-order valence-electron chi connectivity index (χ2n) is 12.2. The summed E-state index contributed by atoms with van der Waals surface area (Å²) in [6, 6.07) is 19.1. The molecule has 1 unspecified atom stereocenters. The molecule has 4 rings (SSSR count). The quantitative estimate of drug-likeness (QED) is 0.144. The van der Waals surface area contributed by atoms with E-state index in [1.54, 1.807) is 38.1 Å². The molecule has 0 saturated carbocycles. The van der Waals surface area contributed by atoms with Crippen molar-refractivity contribution in [2.45, 2.75) is 82.5 Å². The molecule has 1 heterocycles. The number of likely N-dealkylation sites (tertiary alicyclic amines) is 1. The molecule has 1 aliphatic heterocycles. The number of carbonyl (C=O) groups is 5. The van der Waals surface area contributed by atoms with Crippen LogP contribution < -0.4 is 16.4 Å². The number of fused-ring (bicyclic) bond motifs is 1. The molecule has 4 atom stereocenters. The highest BCUT2D eigenvalue weighted by molar-refractivity contribution is 5.97. The van der Waals surface area contributed by atoms with E-state index in [1.807, 2.05) is 48.5 Å². The van der Waals surface area contributed by atoms with Gasteiger partial charge in [-0.2, -0.15) is 0 Å². The van der Waals surface area contributed by atoms with Crippen molar-refractivity contribution in [3.05, 3.63) is 83.9 Å². The third kappa shape index (κ3) is 8.94. The van der Waals surface area contributed by atoms with Gasteiger partial charge >= 0.3 is 11.9 Å². The maximum Gasteiger partial charge on any atom is 0.338 e. The Hall–Kier alpha value is -4.77. The second kappa shape index (κ2) is 16.2. The Kier molecular flexibility index (Phi) is 12.1. The monoisotopic (exact) mass is 644 g/mol. The first-order chi connectivity index (χ1) is 22.5. The summed E-state index contributed by atoms with van der Waals surface area (Å²) in [6.45, 7) is 3.78. The van der Waals surface area contributed by atoms with Gasteiger partial charge in [0.15, 0.2) is 0 Å². The summed E-state index contributed by atoms with van der Waals surface area (Å²) in [7, 11) is 0. The first kappa shape index (κ1) is 35.1. The number of nitrogens with zero attached hydrogens (tertiary/aromatic N) is 1. The van der Waals surface area contributed by atoms with Crippen LogP contribution in [-0.2, 0) is 30.3 Å². The van der Waals surface area contributed by atoms with Crippen LogP contribution in [0.4, 0.5) is 0 Å². The molecule has 3 amide bonds. The Balaban J connectivity index is 1.40. The molecule has 0 spiro atoms. The smallest absolute Gasteiger partial charge is 0.338 e. The number of hydrogen-bond acceptors (Lipinski definition) is 7. The normalized spacial score (nSPS) is 16.9. The lowest BCUT2D eigenvalue weighted by atomic mass is 9.94. The lowest BCUT2D eigenvalue weighted by Crippen LogP contribution is -2.63. The SMILES string of the molecule is CC[C@](C)(NC(=O)[C@@H](N)CCCCOC(=O)c1ccccc1)C(=O)NC(Cc1cccc2ccccc12)C(=O)N1CCC[C@@H]1C(=O)O. The third-order valence-corrected chi connectivity index (χ3v) is 8.82. The number of hydrogen-bond donors (Lipinski definition) is 4. The van der Waals surface area contributed by atoms with Gasteiger partial charge in [0.05, 0.1) is 18.2 Å². The Morgan fingerprint density at radius 2 is 1.70 bits per heavy atom. The summed E-state index contributed by atoms with van der Waals surface area (Å²) < 4.78 is 5.28. The van der Waals surface area contributed by atoms with Gasteiger partial charge in [-0.05, 0) is 73.9 Å². The Labute approximate surface area is 274 Å². The van der Waals surface area contributed by atoms with Gasteiger partial charge in [0.2, 0.25) is 17.7 Å². The van der Waals surface area contributed by atoms with Crippen molar-refractivity contribution in [2.75, 3.05) is 13.2 Å². The van der Waals surface area contributed by atoms with Crippen LogP contribution in [0.25, 0.3) is 10.8 Å². The summed E-state index contributed by atoms with van der Waals surface area (Å²) in [6.07, 6.45) is 2.58. The molecule has 250 valence electrons. The van der Waals surface area contributed by atoms with E-state index in [2.05, 4.69) is 10.6 Å². The average molecular weight is 645 g/mol. The lowest BCUT2D eigenvalue weighted by molar-refractivity contribution is -0.149. The molecule has 0 bridgehead atoms. The first-order valence-electron chi connectivity index (χ1n) is 16.1. The fourth-order valence-corrected chi connectivity index (χ4v) is 5.79. The summed E-state index contributed by atoms with van der Waals surface area (Å²) in [5.41, 5.74) is 6.07. The number of esters is 1. The van der Waals surface area contributed by atoms with Crippen LogP contribution in [0.3, 0.4) is 0 Å². The van der Waals surface area contributed by atoms with Crippen molar-refractivity contribution in [2.24, 2.45) is 5.73 Å². The Morgan fingerprint density at radius 3 is 2.43 bits per heavy atom. The van der Waals surface area contributed by atoms with Gasteiger partial charge in [0.25, 0.3) is 0 Å². The van der Waals surface area contributed by atoms with Crippen molar-refractivity contribution in [3.63, 3.8) is 0 Å². The Morgan fingerprint density at radius 1 is 1.00 bits per heavy atom. The van der Waals surface area contributed by atoms with Gasteiger partial charge in [0.1, 0.15) is 17.6 Å². The number of ether oxygens (including phenoxy) is 1. The minimum atomic E-state index is -1.39. The number of rotatable bonds is 15. The van der Waals surface area contributed by atoms with Crippen LogP contribution in [0.5, 0.6) is 0 Å². The zero-order valence-electron chi connectivity index (χ0n) is 26.9. The summed E-state index contributed by atoms with van der Waals surface area (Å²) in [5, 5.41) is 17.3. The van der Waals surface area contributed by atoms with E-state index in [4.69, 9.17) is 10.5 Å². The highest BCUT2D eigenvalue weighted by Crippen LogP contribution is 2.24. The van der Waals surface area contributed by atoms with Crippen LogP contribution in [0, 0.1) is 0 Å². The maximum atomic E-state index is 13.9. The molecule has 11 heteroatoms. The summed E-state index contributed by atoms with van der Waals surface area (Å²) in [5.74, 6) is -3.07. The number of carbonyl (C=O) groups excluding carboxylic acids is 4.